The van der Waals surface area contributed by atoms with Crippen LogP contribution in [0.3, 0.4) is 0 Å². The van der Waals surface area contributed by atoms with Gasteiger partial charge in [-0.1, -0.05) is 0 Å². The summed E-state index contributed by atoms with van der Waals surface area (Å²) in [4.78, 5) is 24.6. The van der Waals surface area contributed by atoms with E-state index in [1.165, 1.54) is 0 Å². The highest BCUT2D eigenvalue weighted by molar-refractivity contribution is 5.92. The summed E-state index contributed by atoms with van der Waals surface area (Å²) < 4.78 is 11.3. The molecule has 4 rings (SSSR count). The smallest absolute Gasteiger partial charge is 0.287 e. The summed E-state index contributed by atoms with van der Waals surface area (Å²) >= 11 is 0. The number of hydrogen-bond donors (Lipinski definition) is 4. The maximum Gasteiger partial charge on any atom is 0.287 e. The van der Waals surface area contributed by atoms with E-state index >= 15 is 0 Å². The zero-order chi connectivity index (χ0) is 23.9. The molecule has 34 heavy (non-hydrogen) atoms. The molecule has 8 heteroatoms. The normalized spacial score (nSPS) is 10.7. The Morgan fingerprint density at radius 1 is 0.588 bits per heavy atom. The van der Waals surface area contributed by atoms with Gasteiger partial charge in [-0.25, -0.2) is 0 Å². The van der Waals surface area contributed by atoms with Gasteiger partial charge in [0.25, 0.3) is 11.8 Å². The first-order valence-electron chi connectivity index (χ1n) is 11.0. The molecule has 0 fully saturated rings. The Morgan fingerprint density at radius 3 is 1.35 bits per heavy atom. The fourth-order valence-corrected chi connectivity index (χ4v) is 3.35. The van der Waals surface area contributed by atoms with E-state index in [-0.39, 0.29) is 23.3 Å². The summed E-state index contributed by atoms with van der Waals surface area (Å²) in [7, 11) is 0. The van der Waals surface area contributed by atoms with Crippen molar-refractivity contribution in [3.05, 3.63) is 84.3 Å². The lowest BCUT2D eigenvalue weighted by Crippen LogP contribution is -2.27. The van der Waals surface area contributed by atoms with Gasteiger partial charge in [-0.15, -0.1) is 0 Å². The second kappa shape index (κ2) is 10.4. The van der Waals surface area contributed by atoms with E-state index in [4.69, 9.17) is 20.3 Å². The van der Waals surface area contributed by atoms with Crippen molar-refractivity contribution in [1.82, 2.24) is 10.6 Å². The highest BCUT2D eigenvalue weighted by Crippen LogP contribution is 2.24. The zero-order valence-corrected chi connectivity index (χ0v) is 18.5. The van der Waals surface area contributed by atoms with Gasteiger partial charge >= 0.3 is 0 Å². The van der Waals surface area contributed by atoms with Crippen LogP contribution in [-0.2, 0) is 0 Å². The molecule has 8 nitrogen and oxygen atoms in total. The van der Waals surface area contributed by atoms with Gasteiger partial charge in [0.2, 0.25) is 0 Å². The minimum absolute atomic E-state index is 0.245. The zero-order valence-electron chi connectivity index (χ0n) is 18.5. The molecule has 2 aromatic heterocycles. The summed E-state index contributed by atoms with van der Waals surface area (Å²) in [5.41, 5.74) is 14.4. The lowest BCUT2D eigenvalue weighted by Gasteiger charge is -2.05. The maximum absolute atomic E-state index is 12.3. The van der Waals surface area contributed by atoms with E-state index in [2.05, 4.69) is 10.6 Å². The van der Waals surface area contributed by atoms with Gasteiger partial charge in [0.05, 0.1) is 0 Å². The van der Waals surface area contributed by atoms with Gasteiger partial charge in [0, 0.05) is 35.6 Å². The van der Waals surface area contributed by atoms with Crippen molar-refractivity contribution in [2.45, 2.75) is 12.8 Å². The third-order valence-corrected chi connectivity index (χ3v) is 5.22. The molecule has 0 saturated carbocycles. The minimum Gasteiger partial charge on any atom is -0.451 e. The van der Waals surface area contributed by atoms with E-state index < -0.39 is 0 Å². The number of nitrogens with one attached hydrogen (secondary N) is 2. The number of nitrogens with two attached hydrogens (primary N) is 2. The number of nitrogen functional groups attached to an aromatic ring is 2. The molecule has 0 bridgehead atoms. The average Bonchev–Trinajstić information content (AvgIpc) is 3.53. The third kappa shape index (κ3) is 5.66. The molecule has 2 heterocycles. The van der Waals surface area contributed by atoms with Gasteiger partial charge in [-0.05, 0) is 85.6 Å². The van der Waals surface area contributed by atoms with Crippen LogP contribution in [-0.4, -0.2) is 24.9 Å². The summed E-state index contributed by atoms with van der Waals surface area (Å²) in [6.45, 7) is 0.934. The van der Waals surface area contributed by atoms with Crippen molar-refractivity contribution in [3.8, 4) is 22.6 Å². The van der Waals surface area contributed by atoms with Crippen LogP contribution in [0.25, 0.3) is 22.6 Å². The number of anilines is 2. The molecule has 0 aliphatic rings. The molecule has 174 valence electrons. The lowest BCUT2D eigenvalue weighted by molar-refractivity contribution is 0.0913. The van der Waals surface area contributed by atoms with Gasteiger partial charge in [-0.3, -0.25) is 9.59 Å². The summed E-state index contributed by atoms with van der Waals surface area (Å²) in [5.74, 6) is 1.13. The summed E-state index contributed by atoms with van der Waals surface area (Å²) in [6, 6.07) is 21.3. The Bertz CT molecular complexity index is 1160. The minimum atomic E-state index is -0.281. The second-order valence-electron chi connectivity index (χ2n) is 7.79. The van der Waals surface area contributed by atoms with E-state index in [1.807, 2.05) is 24.3 Å². The fourth-order valence-electron chi connectivity index (χ4n) is 3.35. The number of hydrogen-bond acceptors (Lipinski definition) is 6. The monoisotopic (exact) mass is 458 g/mol. The number of carbonyl (C=O) groups is 2. The molecule has 0 aliphatic carbocycles. The number of furan rings is 2. The Balaban J connectivity index is 1.16. The topological polar surface area (TPSA) is 137 Å². The Hall–Kier alpha value is -4.46. The molecule has 0 saturated heterocycles. The van der Waals surface area contributed by atoms with Crippen molar-refractivity contribution >= 4 is 23.2 Å². The molecule has 0 spiro atoms. The molecule has 0 radical (unpaired) electrons. The first kappa shape index (κ1) is 22.7. The first-order chi connectivity index (χ1) is 16.5. The highest BCUT2D eigenvalue weighted by Gasteiger charge is 2.13. The van der Waals surface area contributed by atoms with E-state index in [1.54, 1.807) is 48.5 Å². The van der Waals surface area contributed by atoms with Crippen molar-refractivity contribution in [2.24, 2.45) is 0 Å². The van der Waals surface area contributed by atoms with E-state index in [0.29, 0.717) is 48.8 Å². The van der Waals surface area contributed by atoms with Crippen LogP contribution in [0.1, 0.15) is 34.0 Å². The molecule has 0 aliphatic heterocycles. The van der Waals surface area contributed by atoms with Gasteiger partial charge in [0.1, 0.15) is 11.5 Å². The predicted octanol–water partition coefficient (Wildman–Crippen LogP) is 4.31. The Kier molecular flexibility index (Phi) is 6.98. The van der Waals surface area contributed by atoms with Gasteiger partial charge in [0.15, 0.2) is 11.5 Å². The largest absolute Gasteiger partial charge is 0.451 e. The predicted molar refractivity (Wildman–Crippen MR) is 131 cm³/mol. The van der Waals surface area contributed by atoms with Crippen LogP contribution in [0.4, 0.5) is 11.4 Å². The quantitative estimate of drug-likeness (QED) is 0.218. The average molecular weight is 459 g/mol. The van der Waals surface area contributed by atoms with Gasteiger partial charge < -0.3 is 30.9 Å². The molecule has 0 unspecified atom stereocenters. The van der Waals surface area contributed by atoms with Crippen molar-refractivity contribution in [3.63, 3.8) is 0 Å². The Labute approximate surface area is 196 Å². The maximum atomic E-state index is 12.3. The number of benzene rings is 2. The van der Waals surface area contributed by atoms with Crippen molar-refractivity contribution in [1.29, 1.82) is 0 Å². The highest BCUT2D eigenvalue weighted by atomic mass is 16.4. The van der Waals surface area contributed by atoms with Crippen LogP contribution in [0.5, 0.6) is 0 Å². The summed E-state index contributed by atoms with van der Waals surface area (Å²) in [5, 5.41) is 5.65. The number of amides is 2. The number of carbonyl (C=O) groups excluding carboxylic acids is 2. The SMILES string of the molecule is Nc1ccc(-c2ccc(C(=O)NCCCCNC(=O)c3ccc(-c4ccc(N)cc4)o3)o2)cc1. The van der Waals surface area contributed by atoms with E-state index in [0.717, 1.165) is 11.1 Å². The molecule has 0 atom stereocenters. The fraction of sp³-hybridized carbons (Fsp3) is 0.154. The number of unbranched alkanes of at least 4 members (excludes halogenated alkanes) is 1. The molecule has 2 amide bonds. The van der Waals surface area contributed by atoms with Crippen LogP contribution in [0, 0.1) is 0 Å². The van der Waals surface area contributed by atoms with Crippen LogP contribution < -0.4 is 22.1 Å². The standard InChI is InChI=1S/C26H26N4O4/c27-19-7-3-17(4-8-19)21-11-13-23(33-21)25(31)29-15-1-2-16-30-26(32)24-14-12-22(34-24)18-5-9-20(28)10-6-18/h3-14H,1-2,15-16,27-28H2,(H,29,31)(H,30,32). The lowest BCUT2D eigenvalue weighted by atomic mass is 10.1. The molecule has 6 N–H and O–H groups in total. The Morgan fingerprint density at radius 2 is 0.971 bits per heavy atom. The van der Waals surface area contributed by atoms with Crippen LogP contribution in [0.15, 0.2) is 81.6 Å². The van der Waals surface area contributed by atoms with Crippen LogP contribution >= 0.6 is 0 Å². The molecule has 2 aromatic carbocycles. The number of rotatable bonds is 9. The molecular weight excluding hydrogens is 432 g/mol. The second-order valence-corrected chi connectivity index (χ2v) is 7.79. The van der Waals surface area contributed by atoms with Gasteiger partial charge in [-0.2, -0.15) is 0 Å². The van der Waals surface area contributed by atoms with E-state index in [9.17, 15) is 9.59 Å². The molecule has 4 aromatic rings. The van der Waals surface area contributed by atoms with Crippen molar-refractivity contribution < 1.29 is 18.4 Å². The van der Waals surface area contributed by atoms with Crippen LogP contribution in [0.2, 0.25) is 0 Å². The summed E-state index contributed by atoms with van der Waals surface area (Å²) in [6.07, 6.45) is 1.40. The van der Waals surface area contributed by atoms with Crippen molar-refractivity contribution in [2.75, 3.05) is 24.6 Å². The third-order valence-electron chi connectivity index (χ3n) is 5.22. The molecular formula is C26H26N4O4. The first-order valence-corrected chi connectivity index (χ1v) is 11.0.